The standard InChI is InChI=1S/C13H24N2O/c1-5-15(13(2,3)4)12(16)14-10-11-8-6-7-9-11/h10H,5-9H2,1-4H3,(H,14,16). The van der Waals surface area contributed by atoms with E-state index in [0.717, 1.165) is 19.4 Å². The van der Waals surface area contributed by atoms with Gasteiger partial charge in [-0.05, 0) is 53.4 Å². The third-order valence-corrected chi connectivity index (χ3v) is 3.02. The van der Waals surface area contributed by atoms with Crippen LogP contribution in [0, 0.1) is 0 Å². The van der Waals surface area contributed by atoms with Crippen molar-refractivity contribution in [1.82, 2.24) is 10.2 Å². The molecular weight excluding hydrogens is 200 g/mol. The minimum atomic E-state index is -0.118. The molecule has 2 amide bonds. The topological polar surface area (TPSA) is 32.3 Å². The fourth-order valence-electron chi connectivity index (χ4n) is 2.14. The Bertz CT molecular complexity index is 268. The van der Waals surface area contributed by atoms with Gasteiger partial charge in [-0.25, -0.2) is 4.79 Å². The van der Waals surface area contributed by atoms with Gasteiger partial charge in [0.25, 0.3) is 0 Å². The predicted molar refractivity (Wildman–Crippen MR) is 67.2 cm³/mol. The number of urea groups is 1. The maximum Gasteiger partial charge on any atom is 0.321 e. The molecule has 0 spiro atoms. The molecular formula is C13H24N2O. The number of nitrogens with one attached hydrogen (secondary N) is 1. The van der Waals surface area contributed by atoms with Crippen molar-refractivity contribution in [3.05, 3.63) is 11.8 Å². The maximum absolute atomic E-state index is 11.9. The molecule has 1 N–H and O–H groups in total. The Morgan fingerprint density at radius 2 is 1.94 bits per heavy atom. The normalized spacial score (nSPS) is 16.1. The molecule has 0 aromatic heterocycles. The Morgan fingerprint density at radius 1 is 1.38 bits per heavy atom. The van der Waals surface area contributed by atoms with Crippen LogP contribution in [0.2, 0.25) is 0 Å². The third-order valence-electron chi connectivity index (χ3n) is 3.02. The molecule has 0 radical (unpaired) electrons. The van der Waals surface area contributed by atoms with Crippen LogP contribution in [0.4, 0.5) is 4.79 Å². The van der Waals surface area contributed by atoms with Gasteiger partial charge >= 0.3 is 6.03 Å². The van der Waals surface area contributed by atoms with Gasteiger partial charge in [0, 0.05) is 18.3 Å². The number of allylic oxidation sites excluding steroid dienone is 1. The van der Waals surface area contributed by atoms with Gasteiger partial charge in [-0.1, -0.05) is 5.57 Å². The second-order valence-electron chi connectivity index (χ2n) is 5.37. The first kappa shape index (κ1) is 13.1. The molecule has 0 aromatic carbocycles. The lowest BCUT2D eigenvalue weighted by Crippen LogP contribution is -2.49. The maximum atomic E-state index is 11.9. The Hall–Kier alpha value is -0.990. The average Bonchev–Trinajstić information content (AvgIpc) is 2.65. The monoisotopic (exact) mass is 224 g/mol. The van der Waals surface area contributed by atoms with E-state index in [1.54, 1.807) is 0 Å². The summed E-state index contributed by atoms with van der Waals surface area (Å²) in [6, 6.07) is 0.00870. The van der Waals surface area contributed by atoms with Crippen LogP contribution in [0.3, 0.4) is 0 Å². The van der Waals surface area contributed by atoms with Crippen LogP contribution in [0.25, 0.3) is 0 Å². The fourth-order valence-corrected chi connectivity index (χ4v) is 2.14. The van der Waals surface area contributed by atoms with Gasteiger partial charge in [0.15, 0.2) is 0 Å². The van der Waals surface area contributed by atoms with E-state index in [0.29, 0.717) is 0 Å². The van der Waals surface area contributed by atoms with Crippen molar-refractivity contribution in [1.29, 1.82) is 0 Å². The molecule has 0 unspecified atom stereocenters. The number of hydrogen-bond donors (Lipinski definition) is 1. The number of nitrogens with zero attached hydrogens (tertiary/aromatic N) is 1. The van der Waals surface area contributed by atoms with Crippen molar-refractivity contribution in [2.45, 2.75) is 58.9 Å². The Morgan fingerprint density at radius 3 is 2.38 bits per heavy atom. The first-order valence-corrected chi connectivity index (χ1v) is 6.21. The molecule has 1 rings (SSSR count). The fraction of sp³-hybridized carbons (Fsp3) is 0.769. The summed E-state index contributed by atoms with van der Waals surface area (Å²) in [5, 5.41) is 2.91. The van der Waals surface area contributed by atoms with Crippen LogP contribution in [-0.2, 0) is 0 Å². The van der Waals surface area contributed by atoms with Gasteiger partial charge in [0.05, 0.1) is 0 Å². The molecule has 0 saturated heterocycles. The summed E-state index contributed by atoms with van der Waals surface area (Å²) < 4.78 is 0. The lowest BCUT2D eigenvalue weighted by atomic mass is 10.1. The number of carbonyl (C=O) groups is 1. The molecule has 16 heavy (non-hydrogen) atoms. The van der Waals surface area contributed by atoms with Gasteiger partial charge < -0.3 is 10.2 Å². The SMILES string of the molecule is CCN(C(=O)NC=C1CCCC1)C(C)(C)C. The van der Waals surface area contributed by atoms with Gasteiger partial charge in [-0.3, -0.25) is 0 Å². The minimum Gasteiger partial charge on any atom is -0.320 e. The molecule has 3 nitrogen and oxygen atoms in total. The summed E-state index contributed by atoms with van der Waals surface area (Å²) in [5.41, 5.74) is 1.26. The Balaban J connectivity index is 2.53. The summed E-state index contributed by atoms with van der Waals surface area (Å²) in [6.07, 6.45) is 6.71. The van der Waals surface area contributed by atoms with Crippen molar-refractivity contribution >= 4 is 6.03 Å². The van der Waals surface area contributed by atoms with Crippen LogP contribution < -0.4 is 5.32 Å². The van der Waals surface area contributed by atoms with Crippen molar-refractivity contribution in [2.24, 2.45) is 0 Å². The van der Waals surface area contributed by atoms with Crippen LogP contribution in [0.5, 0.6) is 0 Å². The van der Waals surface area contributed by atoms with Crippen LogP contribution >= 0.6 is 0 Å². The number of hydrogen-bond acceptors (Lipinski definition) is 1. The lowest BCUT2D eigenvalue weighted by molar-refractivity contribution is 0.153. The van der Waals surface area contributed by atoms with Gasteiger partial charge in [0.2, 0.25) is 0 Å². The molecule has 0 bridgehead atoms. The van der Waals surface area contributed by atoms with Crippen molar-refractivity contribution < 1.29 is 4.79 Å². The second-order valence-corrected chi connectivity index (χ2v) is 5.37. The highest BCUT2D eigenvalue weighted by Crippen LogP contribution is 2.22. The Labute approximate surface area is 98.9 Å². The highest BCUT2D eigenvalue weighted by molar-refractivity contribution is 5.76. The highest BCUT2D eigenvalue weighted by Gasteiger charge is 2.24. The van der Waals surface area contributed by atoms with E-state index in [4.69, 9.17) is 0 Å². The molecule has 92 valence electrons. The van der Waals surface area contributed by atoms with Gasteiger partial charge in [-0.2, -0.15) is 0 Å². The van der Waals surface area contributed by atoms with Crippen molar-refractivity contribution in [3.8, 4) is 0 Å². The zero-order chi connectivity index (χ0) is 12.2. The Kier molecular flexibility index (Phi) is 4.39. The lowest BCUT2D eigenvalue weighted by Gasteiger charge is -2.34. The van der Waals surface area contributed by atoms with Crippen molar-refractivity contribution in [2.75, 3.05) is 6.54 Å². The average molecular weight is 224 g/mol. The molecule has 0 heterocycles. The molecule has 0 atom stereocenters. The summed E-state index contributed by atoms with van der Waals surface area (Å²) in [6.45, 7) is 8.91. The number of carbonyl (C=O) groups excluding carboxylic acids is 1. The van der Waals surface area contributed by atoms with E-state index in [2.05, 4.69) is 26.1 Å². The molecule has 0 aromatic rings. The van der Waals surface area contributed by atoms with Crippen LogP contribution in [0.1, 0.15) is 53.4 Å². The zero-order valence-corrected chi connectivity index (χ0v) is 11.0. The molecule has 1 fully saturated rings. The van der Waals surface area contributed by atoms with E-state index < -0.39 is 0 Å². The van der Waals surface area contributed by atoms with Crippen LogP contribution in [0.15, 0.2) is 11.8 Å². The quantitative estimate of drug-likeness (QED) is 0.767. The van der Waals surface area contributed by atoms with Gasteiger partial charge in [0.1, 0.15) is 0 Å². The van der Waals surface area contributed by atoms with Crippen LogP contribution in [-0.4, -0.2) is 23.0 Å². The van der Waals surface area contributed by atoms with E-state index in [9.17, 15) is 4.79 Å². The third kappa shape index (κ3) is 3.54. The smallest absolute Gasteiger partial charge is 0.320 e. The largest absolute Gasteiger partial charge is 0.321 e. The van der Waals surface area contributed by atoms with E-state index in [1.165, 1.54) is 18.4 Å². The molecule has 1 aliphatic rings. The second kappa shape index (κ2) is 5.37. The van der Waals surface area contributed by atoms with E-state index in [1.807, 2.05) is 18.0 Å². The number of rotatable bonds is 2. The molecule has 1 aliphatic carbocycles. The summed E-state index contributed by atoms with van der Waals surface area (Å²) in [5.74, 6) is 0. The number of amides is 2. The summed E-state index contributed by atoms with van der Waals surface area (Å²) in [4.78, 5) is 13.8. The van der Waals surface area contributed by atoms with Crippen molar-refractivity contribution in [3.63, 3.8) is 0 Å². The zero-order valence-electron chi connectivity index (χ0n) is 11.0. The van der Waals surface area contributed by atoms with E-state index >= 15 is 0 Å². The van der Waals surface area contributed by atoms with Gasteiger partial charge in [-0.15, -0.1) is 0 Å². The molecule has 1 saturated carbocycles. The first-order chi connectivity index (χ1) is 7.45. The molecule has 3 heteroatoms. The minimum absolute atomic E-state index is 0.00870. The first-order valence-electron chi connectivity index (χ1n) is 6.21. The molecule has 0 aliphatic heterocycles. The van der Waals surface area contributed by atoms with E-state index in [-0.39, 0.29) is 11.6 Å². The summed E-state index contributed by atoms with van der Waals surface area (Å²) in [7, 11) is 0. The predicted octanol–water partition coefficient (Wildman–Crippen LogP) is 3.27. The summed E-state index contributed by atoms with van der Waals surface area (Å²) >= 11 is 0. The highest BCUT2D eigenvalue weighted by atomic mass is 16.2.